The molecule has 0 radical (unpaired) electrons. The van der Waals surface area contributed by atoms with E-state index < -0.39 is 5.60 Å². The number of rotatable bonds is 4. The van der Waals surface area contributed by atoms with Gasteiger partial charge in [0.15, 0.2) is 0 Å². The van der Waals surface area contributed by atoms with Gasteiger partial charge in [-0.3, -0.25) is 4.79 Å². The van der Waals surface area contributed by atoms with Crippen LogP contribution in [0.5, 0.6) is 0 Å². The number of nitrogens with zero attached hydrogens (tertiary/aromatic N) is 2. The molecule has 1 heterocycles. The van der Waals surface area contributed by atoms with E-state index in [0.717, 1.165) is 4.47 Å². The van der Waals surface area contributed by atoms with Crippen LogP contribution in [0, 0.1) is 0 Å². The topological polar surface area (TPSA) is 45.5 Å². The van der Waals surface area contributed by atoms with Crippen molar-refractivity contribution in [1.82, 2.24) is 9.47 Å². The molecule has 1 rings (SSSR count). The molecule has 0 atom stereocenters. The molecule has 0 aromatic carbocycles. The third kappa shape index (κ3) is 3.85. The number of carbonyl (C=O) groups excluding carboxylic acids is 1. The first-order chi connectivity index (χ1) is 7.74. The Kier molecular flexibility index (Phi) is 4.38. The molecule has 0 bridgehead atoms. The number of amides is 1. The van der Waals surface area contributed by atoms with Crippen LogP contribution in [-0.2, 0) is 7.05 Å². The fourth-order valence-electron chi connectivity index (χ4n) is 1.69. The predicted octanol–water partition coefficient (Wildman–Crippen LogP) is 2.02. The van der Waals surface area contributed by atoms with Crippen molar-refractivity contribution in [3.8, 4) is 0 Å². The third-order valence-corrected chi connectivity index (χ3v) is 2.87. The van der Waals surface area contributed by atoms with Crippen LogP contribution in [-0.4, -0.2) is 39.2 Å². The smallest absolute Gasteiger partial charge is 0.270 e. The summed E-state index contributed by atoms with van der Waals surface area (Å²) in [6.07, 6.45) is 1.84. The van der Waals surface area contributed by atoms with Gasteiger partial charge in [0.25, 0.3) is 5.91 Å². The van der Waals surface area contributed by atoms with Crippen molar-refractivity contribution in [2.24, 2.45) is 7.05 Å². The summed E-state index contributed by atoms with van der Waals surface area (Å²) < 4.78 is 2.65. The van der Waals surface area contributed by atoms with Gasteiger partial charge < -0.3 is 14.6 Å². The van der Waals surface area contributed by atoms with Gasteiger partial charge in [0.1, 0.15) is 5.69 Å². The molecule has 1 N–H and O–H groups in total. The van der Waals surface area contributed by atoms with Gasteiger partial charge in [0.2, 0.25) is 0 Å². The Morgan fingerprint density at radius 2 is 2.18 bits per heavy atom. The zero-order valence-corrected chi connectivity index (χ0v) is 12.3. The second kappa shape index (κ2) is 5.23. The van der Waals surface area contributed by atoms with E-state index >= 15 is 0 Å². The molecule has 0 fully saturated rings. The van der Waals surface area contributed by atoms with E-state index in [1.165, 1.54) is 0 Å². The van der Waals surface area contributed by atoms with E-state index in [-0.39, 0.29) is 5.91 Å². The molecule has 17 heavy (non-hydrogen) atoms. The Morgan fingerprint density at radius 3 is 2.53 bits per heavy atom. The molecule has 5 heteroatoms. The van der Waals surface area contributed by atoms with Gasteiger partial charge in [-0.2, -0.15) is 0 Å². The van der Waals surface area contributed by atoms with E-state index in [4.69, 9.17) is 0 Å². The molecule has 0 saturated carbocycles. The van der Waals surface area contributed by atoms with Crippen LogP contribution in [0.3, 0.4) is 0 Å². The molecule has 0 spiro atoms. The van der Waals surface area contributed by atoms with Crippen LogP contribution in [0.25, 0.3) is 0 Å². The van der Waals surface area contributed by atoms with E-state index in [9.17, 15) is 9.90 Å². The van der Waals surface area contributed by atoms with Crippen LogP contribution in [0.4, 0.5) is 0 Å². The third-order valence-electron chi connectivity index (χ3n) is 2.44. The lowest BCUT2D eigenvalue weighted by Gasteiger charge is -2.28. The Morgan fingerprint density at radius 1 is 1.59 bits per heavy atom. The Bertz CT molecular complexity index is 407. The Balaban J connectivity index is 2.90. The monoisotopic (exact) mass is 302 g/mol. The summed E-state index contributed by atoms with van der Waals surface area (Å²) in [5.74, 6) is -0.0668. The molecule has 0 aliphatic rings. The van der Waals surface area contributed by atoms with Crippen LogP contribution < -0.4 is 0 Å². The summed E-state index contributed by atoms with van der Waals surface area (Å²) in [6, 6.07) is 1.79. The number of halogens is 1. The average molecular weight is 303 g/mol. The highest BCUT2D eigenvalue weighted by atomic mass is 79.9. The minimum atomic E-state index is -0.881. The molecule has 4 nitrogen and oxygen atoms in total. The second-order valence-electron chi connectivity index (χ2n) is 4.79. The average Bonchev–Trinajstić information content (AvgIpc) is 2.52. The molecular formula is C12H19BrN2O2. The van der Waals surface area contributed by atoms with Crippen molar-refractivity contribution in [3.05, 3.63) is 22.4 Å². The van der Waals surface area contributed by atoms with Crippen molar-refractivity contribution < 1.29 is 9.90 Å². The number of carbonyl (C=O) groups is 1. The standard InChI is InChI=1S/C12H19BrN2O2/c1-5-15(8-12(2,3)17)11(16)10-6-9(13)7-14(10)4/h6-7,17H,5,8H2,1-4H3. The molecule has 96 valence electrons. The Labute approximate surface area is 110 Å². The molecule has 1 amide bonds. The quantitative estimate of drug-likeness (QED) is 0.925. The maximum absolute atomic E-state index is 12.3. The van der Waals surface area contributed by atoms with E-state index in [1.807, 2.05) is 20.2 Å². The van der Waals surface area contributed by atoms with Crippen LogP contribution in [0.1, 0.15) is 31.3 Å². The van der Waals surface area contributed by atoms with Crippen molar-refractivity contribution >= 4 is 21.8 Å². The normalized spacial score (nSPS) is 11.6. The molecule has 0 unspecified atom stereocenters. The van der Waals surface area contributed by atoms with Gasteiger partial charge in [0.05, 0.1) is 5.60 Å². The van der Waals surface area contributed by atoms with E-state index in [2.05, 4.69) is 15.9 Å². The molecule has 0 saturated heterocycles. The number of aliphatic hydroxyl groups is 1. The first-order valence-corrected chi connectivity index (χ1v) is 6.37. The van der Waals surface area contributed by atoms with Crippen molar-refractivity contribution in [1.29, 1.82) is 0 Å². The van der Waals surface area contributed by atoms with E-state index in [0.29, 0.717) is 18.8 Å². The van der Waals surface area contributed by atoms with Gasteiger partial charge in [-0.05, 0) is 42.8 Å². The van der Waals surface area contributed by atoms with E-state index in [1.54, 1.807) is 29.4 Å². The SMILES string of the molecule is CCN(CC(C)(C)O)C(=O)c1cc(Br)cn1C. The molecule has 0 aliphatic heterocycles. The summed E-state index contributed by atoms with van der Waals surface area (Å²) in [5.41, 5.74) is -0.267. The number of hydrogen-bond acceptors (Lipinski definition) is 2. The molecular weight excluding hydrogens is 284 g/mol. The number of hydrogen-bond donors (Lipinski definition) is 1. The largest absolute Gasteiger partial charge is 0.389 e. The van der Waals surface area contributed by atoms with Gasteiger partial charge in [0, 0.05) is 30.8 Å². The maximum Gasteiger partial charge on any atom is 0.270 e. The van der Waals surface area contributed by atoms with Crippen LogP contribution in [0.15, 0.2) is 16.7 Å². The number of likely N-dealkylation sites (N-methyl/N-ethyl adjacent to an activating group) is 1. The van der Waals surface area contributed by atoms with Gasteiger partial charge >= 0.3 is 0 Å². The van der Waals surface area contributed by atoms with Crippen LogP contribution >= 0.6 is 15.9 Å². The lowest BCUT2D eigenvalue weighted by molar-refractivity contribution is 0.0309. The minimum absolute atomic E-state index is 0.0668. The van der Waals surface area contributed by atoms with Gasteiger partial charge in [-0.15, -0.1) is 0 Å². The molecule has 0 aliphatic carbocycles. The number of aromatic nitrogens is 1. The van der Waals surface area contributed by atoms with Crippen molar-refractivity contribution in [3.63, 3.8) is 0 Å². The highest BCUT2D eigenvalue weighted by Gasteiger charge is 2.23. The minimum Gasteiger partial charge on any atom is -0.389 e. The summed E-state index contributed by atoms with van der Waals surface area (Å²) >= 11 is 3.34. The van der Waals surface area contributed by atoms with Gasteiger partial charge in [-0.25, -0.2) is 0 Å². The summed E-state index contributed by atoms with van der Waals surface area (Å²) in [4.78, 5) is 13.9. The predicted molar refractivity (Wildman–Crippen MR) is 71.0 cm³/mol. The van der Waals surface area contributed by atoms with Crippen LogP contribution in [0.2, 0.25) is 0 Å². The zero-order chi connectivity index (χ0) is 13.2. The first-order valence-electron chi connectivity index (χ1n) is 5.58. The van der Waals surface area contributed by atoms with Gasteiger partial charge in [-0.1, -0.05) is 0 Å². The zero-order valence-electron chi connectivity index (χ0n) is 10.7. The van der Waals surface area contributed by atoms with Crippen molar-refractivity contribution in [2.45, 2.75) is 26.4 Å². The fraction of sp³-hybridized carbons (Fsp3) is 0.583. The molecule has 1 aromatic rings. The summed E-state index contributed by atoms with van der Waals surface area (Å²) in [7, 11) is 1.83. The summed E-state index contributed by atoms with van der Waals surface area (Å²) in [6.45, 7) is 6.20. The maximum atomic E-state index is 12.3. The molecule has 1 aromatic heterocycles. The second-order valence-corrected chi connectivity index (χ2v) is 5.70. The number of aryl methyl sites for hydroxylation is 1. The lowest BCUT2D eigenvalue weighted by atomic mass is 10.1. The van der Waals surface area contributed by atoms with Crippen molar-refractivity contribution in [2.75, 3.05) is 13.1 Å². The lowest BCUT2D eigenvalue weighted by Crippen LogP contribution is -2.42. The highest BCUT2D eigenvalue weighted by Crippen LogP contribution is 2.16. The first kappa shape index (κ1) is 14.3. The fourth-order valence-corrected chi connectivity index (χ4v) is 2.22. The highest BCUT2D eigenvalue weighted by molar-refractivity contribution is 9.10. The Hall–Kier alpha value is -0.810. The summed E-state index contributed by atoms with van der Waals surface area (Å²) in [5, 5.41) is 9.78.